The fourth-order valence-corrected chi connectivity index (χ4v) is 4.93. The number of ether oxygens (including phenoxy) is 1. The van der Waals surface area contributed by atoms with Crippen LogP contribution in [-0.4, -0.2) is 65.6 Å². The van der Waals surface area contributed by atoms with Crippen molar-refractivity contribution in [3.8, 4) is 5.75 Å². The minimum Gasteiger partial charge on any atom is -0.508 e. The van der Waals surface area contributed by atoms with Gasteiger partial charge in [-0.25, -0.2) is 15.0 Å². The number of anilines is 1. The number of benzene rings is 3. The molecule has 5 aromatic rings. The Morgan fingerprint density at radius 3 is 2.62 bits per heavy atom. The summed E-state index contributed by atoms with van der Waals surface area (Å²) in [4.78, 5) is 26.2. The SMILES string of the molecule is O=C(N[C@@H]1[C@H](O)[C@@H](CO)O[C@H]1n1cnc2c(NCc3cccc4ccccc34)ncnc21)c1ccc(O)cc1. The van der Waals surface area contributed by atoms with Crippen LogP contribution in [-0.2, 0) is 11.3 Å². The minimum atomic E-state index is -1.19. The van der Waals surface area contributed by atoms with E-state index in [9.17, 15) is 20.1 Å². The Hall–Kier alpha value is -4.58. The van der Waals surface area contributed by atoms with Gasteiger partial charge in [0, 0.05) is 12.1 Å². The number of aliphatic hydroxyl groups excluding tert-OH is 2. The topological polar surface area (TPSA) is 155 Å². The van der Waals surface area contributed by atoms with E-state index in [1.165, 1.54) is 36.9 Å². The van der Waals surface area contributed by atoms with Crippen LogP contribution in [0.5, 0.6) is 5.75 Å². The van der Waals surface area contributed by atoms with Gasteiger partial charge in [0.2, 0.25) is 0 Å². The number of nitrogens with zero attached hydrogens (tertiary/aromatic N) is 4. The molecule has 0 spiro atoms. The predicted molar refractivity (Wildman–Crippen MR) is 143 cm³/mol. The first kappa shape index (κ1) is 24.7. The number of nitrogens with one attached hydrogen (secondary N) is 2. The minimum absolute atomic E-state index is 0.0310. The van der Waals surface area contributed by atoms with Crippen LogP contribution >= 0.6 is 0 Å². The summed E-state index contributed by atoms with van der Waals surface area (Å²) in [6.45, 7) is 0.0690. The average molecular weight is 527 g/mol. The molecule has 11 nitrogen and oxygen atoms in total. The maximum absolute atomic E-state index is 12.9. The van der Waals surface area contributed by atoms with Crippen LogP contribution in [0.15, 0.2) is 79.4 Å². The van der Waals surface area contributed by atoms with Gasteiger partial charge in [-0.1, -0.05) is 42.5 Å². The lowest BCUT2D eigenvalue weighted by atomic mass is 10.0. The molecule has 3 aromatic carbocycles. The first-order chi connectivity index (χ1) is 19.0. The lowest BCUT2D eigenvalue weighted by Gasteiger charge is -2.23. The van der Waals surface area contributed by atoms with Crippen molar-refractivity contribution in [3.63, 3.8) is 0 Å². The van der Waals surface area contributed by atoms with E-state index in [4.69, 9.17) is 4.74 Å². The van der Waals surface area contributed by atoms with Crippen LogP contribution in [0.1, 0.15) is 22.1 Å². The standard InChI is InChI=1S/C28H26N6O5/c35-13-21-24(37)22(33-27(38)17-8-10-19(36)11-9-17)28(39-21)34-15-32-23-25(30-14-31-26(23)34)29-12-18-6-3-5-16-4-1-2-7-20(16)18/h1-11,14-15,21-22,24,28,35-37H,12-13H2,(H,33,38)(H,29,30,31)/t21-,22-,24-,28-/m1/s1. The molecule has 2 aromatic heterocycles. The predicted octanol–water partition coefficient (Wildman–Crippen LogP) is 2.35. The molecule has 1 aliphatic rings. The molecule has 3 heterocycles. The fourth-order valence-electron chi connectivity index (χ4n) is 4.93. The molecular weight excluding hydrogens is 500 g/mol. The summed E-state index contributed by atoms with van der Waals surface area (Å²) in [5, 5.41) is 38.6. The number of aliphatic hydroxyl groups is 2. The van der Waals surface area contributed by atoms with Gasteiger partial charge in [-0.3, -0.25) is 9.36 Å². The highest BCUT2D eigenvalue weighted by molar-refractivity contribution is 5.94. The lowest BCUT2D eigenvalue weighted by Crippen LogP contribution is -2.46. The molecule has 1 aliphatic heterocycles. The van der Waals surface area contributed by atoms with Crippen molar-refractivity contribution >= 4 is 33.7 Å². The number of fused-ring (bicyclic) bond motifs is 2. The Morgan fingerprint density at radius 2 is 1.79 bits per heavy atom. The van der Waals surface area contributed by atoms with Gasteiger partial charge in [0.05, 0.1) is 12.9 Å². The molecular formula is C28H26N6O5. The van der Waals surface area contributed by atoms with Crippen molar-refractivity contribution in [2.75, 3.05) is 11.9 Å². The van der Waals surface area contributed by atoms with E-state index in [0.717, 1.165) is 16.3 Å². The van der Waals surface area contributed by atoms with Gasteiger partial charge in [0.25, 0.3) is 5.91 Å². The highest BCUT2D eigenvalue weighted by Crippen LogP contribution is 2.33. The number of hydrogen-bond donors (Lipinski definition) is 5. The highest BCUT2D eigenvalue weighted by Gasteiger charge is 2.46. The number of carbonyl (C=O) groups excluding carboxylic acids is 1. The maximum Gasteiger partial charge on any atom is 0.251 e. The quantitative estimate of drug-likeness (QED) is 0.215. The van der Waals surface area contributed by atoms with E-state index in [1.807, 2.05) is 18.2 Å². The van der Waals surface area contributed by atoms with Crippen molar-refractivity contribution < 1.29 is 24.9 Å². The van der Waals surface area contributed by atoms with Crippen molar-refractivity contribution in [1.82, 2.24) is 24.8 Å². The lowest BCUT2D eigenvalue weighted by molar-refractivity contribution is -0.0440. The summed E-state index contributed by atoms with van der Waals surface area (Å²) in [6.07, 6.45) is -0.0961. The van der Waals surface area contributed by atoms with Crippen LogP contribution < -0.4 is 10.6 Å². The second-order valence-electron chi connectivity index (χ2n) is 9.32. The summed E-state index contributed by atoms with van der Waals surface area (Å²) in [5.74, 6) is 0.0831. The monoisotopic (exact) mass is 526 g/mol. The molecule has 0 unspecified atom stereocenters. The molecule has 5 N–H and O–H groups in total. The van der Waals surface area contributed by atoms with E-state index >= 15 is 0 Å². The Morgan fingerprint density at radius 1 is 1.00 bits per heavy atom. The smallest absolute Gasteiger partial charge is 0.251 e. The van der Waals surface area contributed by atoms with E-state index in [-0.39, 0.29) is 5.75 Å². The number of rotatable bonds is 7. The van der Waals surface area contributed by atoms with E-state index in [1.54, 1.807) is 4.57 Å². The Kier molecular flexibility index (Phi) is 6.53. The summed E-state index contributed by atoms with van der Waals surface area (Å²) in [7, 11) is 0. The van der Waals surface area contributed by atoms with Crippen LogP contribution in [0.4, 0.5) is 5.82 Å². The summed E-state index contributed by atoms with van der Waals surface area (Å²) >= 11 is 0. The van der Waals surface area contributed by atoms with Crippen molar-refractivity contribution in [3.05, 3.63) is 90.5 Å². The third-order valence-corrected chi connectivity index (χ3v) is 6.94. The number of phenolic OH excluding ortho intramolecular Hbond substituents is 1. The number of aromatic hydroxyl groups is 1. The average Bonchev–Trinajstić information content (AvgIpc) is 3.53. The molecule has 0 aliphatic carbocycles. The third kappa shape index (κ3) is 4.63. The third-order valence-electron chi connectivity index (χ3n) is 6.94. The molecule has 0 radical (unpaired) electrons. The Labute approximate surface area is 222 Å². The molecule has 198 valence electrons. The van der Waals surface area contributed by atoms with Crippen LogP contribution in [0, 0.1) is 0 Å². The zero-order valence-electron chi connectivity index (χ0n) is 20.7. The molecule has 1 fully saturated rings. The number of aromatic nitrogens is 4. The molecule has 1 amide bonds. The summed E-state index contributed by atoms with van der Waals surface area (Å²) in [5.41, 5.74) is 2.32. The van der Waals surface area contributed by atoms with Gasteiger partial charge in [0.15, 0.2) is 23.2 Å². The number of hydrogen-bond acceptors (Lipinski definition) is 9. The summed E-state index contributed by atoms with van der Waals surface area (Å²) < 4.78 is 7.56. The normalized spacial score (nSPS) is 20.9. The van der Waals surface area contributed by atoms with E-state index in [2.05, 4.69) is 49.9 Å². The number of amides is 1. The molecule has 1 saturated heterocycles. The Balaban J connectivity index is 1.28. The molecule has 11 heteroatoms. The fraction of sp³-hybridized carbons (Fsp3) is 0.214. The first-order valence-electron chi connectivity index (χ1n) is 12.5. The van der Waals surface area contributed by atoms with Crippen molar-refractivity contribution in [1.29, 1.82) is 0 Å². The van der Waals surface area contributed by atoms with Gasteiger partial charge in [-0.05, 0) is 40.6 Å². The van der Waals surface area contributed by atoms with Crippen molar-refractivity contribution in [2.45, 2.75) is 31.0 Å². The zero-order valence-corrected chi connectivity index (χ0v) is 20.7. The first-order valence-corrected chi connectivity index (χ1v) is 12.5. The van der Waals surface area contributed by atoms with Gasteiger partial charge < -0.3 is 30.7 Å². The van der Waals surface area contributed by atoms with E-state index in [0.29, 0.717) is 29.1 Å². The van der Waals surface area contributed by atoms with Crippen molar-refractivity contribution in [2.24, 2.45) is 0 Å². The second-order valence-corrected chi connectivity index (χ2v) is 9.32. The second kappa shape index (κ2) is 10.3. The highest BCUT2D eigenvalue weighted by atomic mass is 16.5. The number of phenols is 1. The van der Waals surface area contributed by atoms with Gasteiger partial charge in [-0.2, -0.15) is 0 Å². The molecule has 0 bridgehead atoms. The number of imidazole rings is 1. The summed E-state index contributed by atoms with van der Waals surface area (Å²) in [6, 6.07) is 19.1. The maximum atomic E-state index is 12.9. The van der Waals surface area contributed by atoms with Crippen LogP contribution in [0.2, 0.25) is 0 Å². The Bertz CT molecular complexity index is 1630. The molecule has 39 heavy (non-hydrogen) atoms. The van der Waals surface area contributed by atoms with E-state index < -0.39 is 37.0 Å². The van der Waals surface area contributed by atoms with Gasteiger partial charge >= 0.3 is 0 Å². The molecule has 0 saturated carbocycles. The zero-order chi connectivity index (χ0) is 26.9. The van der Waals surface area contributed by atoms with Crippen LogP contribution in [0.25, 0.3) is 21.9 Å². The molecule has 6 rings (SSSR count). The van der Waals surface area contributed by atoms with Gasteiger partial charge in [-0.15, -0.1) is 0 Å². The van der Waals surface area contributed by atoms with Gasteiger partial charge in [0.1, 0.15) is 30.3 Å². The van der Waals surface area contributed by atoms with Crippen LogP contribution in [0.3, 0.4) is 0 Å². The molecule has 4 atom stereocenters. The largest absolute Gasteiger partial charge is 0.508 e. The number of carbonyl (C=O) groups is 1.